The highest BCUT2D eigenvalue weighted by atomic mass is 16.5. The number of hydrogen-bond donors (Lipinski definition) is 0. The van der Waals surface area contributed by atoms with Crippen molar-refractivity contribution in [3.63, 3.8) is 0 Å². The molecule has 0 unspecified atom stereocenters. The first-order valence-electron chi connectivity index (χ1n) is 7.04. The van der Waals surface area contributed by atoms with Crippen molar-refractivity contribution < 1.29 is 9.53 Å². The highest BCUT2D eigenvalue weighted by Crippen LogP contribution is 2.34. The molecule has 3 heteroatoms. The summed E-state index contributed by atoms with van der Waals surface area (Å²) in [5.74, 6) is 0.802. The van der Waals surface area contributed by atoms with Gasteiger partial charge >= 0.3 is 0 Å². The molecule has 21 heavy (non-hydrogen) atoms. The second-order valence-electron chi connectivity index (χ2n) is 4.94. The summed E-state index contributed by atoms with van der Waals surface area (Å²) in [6.45, 7) is 4.60. The highest BCUT2D eigenvalue weighted by molar-refractivity contribution is 5.92. The zero-order chi connectivity index (χ0) is 14.8. The van der Waals surface area contributed by atoms with Crippen molar-refractivity contribution in [2.45, 2.75) is 13.8 Å². The zero-order valence-corrected chi connectivity index (χ0v) is 12.2. The number of ether oxygens (including phenoxy) is 1. The van der Waals surface area contributed by atoms with Crippen LogP contribution >= 0.6 is 0 Å². The van der Waals surface area contributed by atoms with Crippen LogP contribution in [0.1, 0.15) is 23.0 Å². The minimum Gasteiger partial charge on any atom is -0.493 e. The molecule has 0 saturated carbocycles. The average Bonchev–Trinajstić information content (AvgIpc) is 2.88. The van der Waals surface area contributed by atoms with Gasteiger partial charge in [0.1, 0.15) is 5.75 Å². The van der Waals surface area contributed by atoms with E-state index in [1.54, 1.807) is 0 Å². The molecule has 2 aromatic heterocycles. The molecule has 0 radical (unpaired) electrons. The summed E-state index contributed by atoms with van der Waals surface area (Å²) < 4.78 is 7.62. The molecule has 0 aliphatic carbocycles. The number of benzene rings is 1. The maximum atomic E-state index is 11.6. The van der Waals surface area contributed by atoms with Gasteiger partial charge in [-0.3, -0.25) is 4.79 Å². The maximum absolute atomic E-state index is 11.6. The van der Waals surface area contributed by atoms with Crippen molar-refractivity contribution in [2.24, 2.45) is 0 Å². The number of hydrogen-bond acceptors (Lipinski definition) is 2. The number of aldehydes is 1. The van der Waals surface area contributed by atoms with Crippen LogP contribution in [0.2, 0.25) is 0 Å². The van der Waals surface area contributed by atoms with Crippen LogP contribution in [0, 0.1) is 6.92 Å². The Balaban J connectivity index is 2.30. The van der Waals surface area contributed by atoms with Gasteiger partial charge in [0.25, 0.3) is 0 Å². The van der Waals surface area contributed by atoms with E-state index in [4.69, 9.17) is 4.74 Å². The van der Waals surface area contributed by atoms with Crippen LogP contribution in [-0.4, -0.2) is 17.3 Å². The van der Waals surface area contributed by atoms with Crippen LogP contribution in [0.3, 0.4) is 0 Å². The molecule has 3 aromatic rings. The molecule has 0 atom stereocenters. The minimum atomic E-state index is 0.597. The van der Waals surface area contributed by atoms with Gasteiger partial charge in [0.05, 0.1) is 12.3 Å². The van der Waals surface area contributed by atoms with Crippen molar-refractivity contribution in [3.8, 4) is 16.9 Å². The molecule has 0 aliphatic heterocycles. The molecule has 0 bridgehead atoms. The number of para-hydroxylation sites is 1. The van der Waals surface area contributed by atoms with Crippen LogP contribution in [0.15, 0.2) is 48.7 Å². The quantitative estimate of drug-likeness (QED) is 0.672. The third-order valence-corrected chi connectivity index (χ3v) is 3.65. The van der Waals surface area contributed by atoms with E-state index in [0.717, 1.165) is 34.2 Å². The first kappa shape index (κ1) is 13.4. The Labute approximate surface area is 123 Å². The maximum Gasteiger partial charge on any atom is 0.167 e. The third-order valence-electron chi connectivity index (χ3n) is 3.65. The summed E-state index contributed by atoms with van der Waals surface area (Å²) in [5.41, 5.74) is 4.69. The molecule has 0 aliphatic rings. The Morgan fingerprint density at radius 1 is 1.14 bits per heavy atom. The monoisotopic (exact) mass is 279 g/mol. The molecule has 3 nitrogen and oxygen atoms in total. The molecule has 1 aromatic carbocycles. The van der Waals surface area contributed by atoms with Crippen molar-refractivity contribution in [1.29, 1.82) is 0 Å². The predicted octanol–water partition coefficient (Wildman–Crippen LogP) is 4.13. The minimum absolute atomic E-state index is 0.597. The fourth-order valence-electron chi connectivity index (χ4n) is 2.67. The lowest BCUT2D eigenvalue weighted by atomic mass is 10.0. The SMILES string of the molecule is CCOc1ccccc1-c1cc2c(C)cccn2c1C=O. The van der Waals surface area contributed by atoms with E-state index < -0.39 is 0 Å². The van der Waals surface area contributed by atoms with Crippen LogP contribution in [0.4, 0.5) is 0 Å². The second kappa shape index (κ2) is 5.44. The highest BCUT2D eigenvalue weighted by Gasteiger charge is 2.15. The molecular formula is C18H17NO2. The Morgan fingerprint density at radius 2 is 1.95 bits per heavy atom. The summed E-state index contributed by atoms with van der Waals surface area (Å²) in [6, 6.07) is 13.9. The van der Waals surface area contributed by atoms with Gasteiger partial charge in [0, 0.05) is 22.8 Å². The molecule has 0 fully saturated rings. The lowest BCUT2D eigenvalue weighted by Crippen LogP contribution is -1.96. The first-order chi connectivity index (χ1) is 10.3. The second-order valence-corrected chi connectivity index (χ2v) is 4.94. The van der Waals surface area contributed by atoms with Crippen molar-refractivity contribution in [3.05, 3.63) is 59.9 Å². The normalized spacial score (nSPS) is 10.8. The van der Waals surface area contributed by atoms with Gasteiger partial charge in [-0.2, -0.15) is 0 Å². The van der Waals surface area contributed by atoms with Crippen molar-refractivity contribution in [2.75, 3.05) is 6.61 Å². The Kier molecular flexibility index (Phi) is 3.48. The van der Waals surface area contributed by atoms with Gasteiger partial charge in [-0.15, -0.1) is 0 Å². The summed E-state index contributed by atoms with van der Waals surface area (Å²) in [5, 5.41) is 0. The number of pyridine rings is 1. The standard InChI is InChI=1S/C18H17NO2/c1-3-21-18-9-5-4-8-14(18)15-11-16-13(2)7-6-10-19(16)17(15)12-20/h4-12H,3H2,1-2H3. The van der Waals surface area contributed by atoms with Crippen molar-refractivity contribution >= 4 is 11.8 Å². The summed E-state index contributed by atoms with van der Waals surface area (Å²) in [6.07, 6.45) is 2.82. The number of aryl methyl sites for hydroxylation is 1. The molecule has 3 rings (SSSR count). The smallest absolute Gasteiger partial charge is 0.167 e. The lowest BCUT2D eigenvalue weighted by Gasteiger charge is -2.09. The van der Waals surface area contributed by atoms with Crippen molar-refractivity contribution in [1.82, 2.24) is 4.40 Å². The molecule has 0 saturated heterocycles. The number of carbonyl (C=O) groups is 1. The number of aromatic nitrogens is 1. The van der Waals surface area contributed by atoms with Crippen LogP contribution in [0.5, 0.6) is 5.75 Å². The van der Waals surface area contributed by atoms with E-state index in [1.807, 2.05) is 60.8 Å². The fourth-order valence-corrected chi connectivity index (χ4v) is 2.67. The van der Waals surface area contributed by atoms with Crippen LogP contribution < -0.4 is 4.74 Å². The topological polar surface area (TPSA) is 30.7 Å². The molecule has 0 spiro atoms. The van der Waals surface area contributed by atoms with E-state index in [0.29, 0.717) is 12.3 Å². The van der Waals surface area contributed by atoms with Gasteiger partial charge in [-0.25, -0.2) is 0 Å². The summed E-state index contributed by atoms with van der Waals surface area (Å²) in [4.78, 5) is 11.6. The molecule has 2 heterocycles. The van der Waals surface area contributed by atoms with Gasteiger partial charge in [0.15, 0.2) is 6.29 Å². The molecule has 0 amide bonds. The van der Waals surface area contributed by atoms with Gasteiger partial charge < -0.3 is 9.14 Å². The molecular weight excluding hydrogens is 262 g/mol. The largest absolute Gasteiger partial charge is 0.493 e. The number of rotatable bonds is 4. The molecule has 106 valence electrons. The van der Waals surface area contributed by atoms with E-state index in [1.165, 1.54) is 0 Å². The third kappa shape index (κ3) is 2.21. The van der Waals surface area contributed by atoms with E-state index >= 15 is 0 Å². The van der Waals surface area contributed by atoms with E-state index in [2.05, 4.69) is 6.07 Å². The van der Waals surface area contributed by atoms with Gasteiger partial charge in [0.2, 0.25) is 0 Å². The number of nitrogens with zero attached hydrogens (tertiary/aromatic N) is 1. The molecule has 0 N–H and O–H groups in total. The predicted molar refractivity (Wildman–Crippen MR) is 84.1 cm³/mol. The van der Waals surface area contributed by atoms with Gasteiger partial charge in [-0.1, -0.05) is 24.3 Å². The average molecular weight is 279 g/mol. The first-order valence-corrected chi connectivity index (χ1v) is 7.04. The Morgan fingerprint density at radius 3 is 2.71 bits per heavy atom. The Bertz CT molecular complexity index is 802. The summed E-state index contributed by atoms with van der Waals surface area (Å²) >= 11 is 0. The Hall–Kier alpha value is -2.55. The number of carbonyl (C=O) groups excluding carboxylic acids is 1. The van der Waals surface area contributed by atoms with Crippen LogP contribution in [0.25, 0.3) is 16.6 Å². The zero-order valence-electron chi connectivity index (χ0n) is 12.2. The number of fused-ring (bicyclic) bond motifs is 1. The fraction of sp³-hybridized carbons (Fsp3) is 0.167. The van der Waals surface area contributed by atoms with E-state index in [9.17, 15) is 4.79 Å². The van der Waals surface area contributed by atoms with Crippen LogP contribution in [-0.2, 0) is 0 Å². The van der Waals surface area contributed by atoms with E-state index in [-0.39, 0.29) is 0 Å². The lowest BCUT2D eigenvalue weighted by molar-refractivity contribution is 0.111. The van der Waals surface area contributed by atoms with Gasteiger partial charge in [-0.05, 0) is 37.6 Å². The summed E-state index contributed by atoms with van der Waals surface area (Å²) in [7, 11) is 0.